The zero-order chi connectivity index (χ0) is 58.5. The van der Waals surface area contributed by atoms with E-state index in [9.17, 15) is 0 Å². The first-order valence-corrected chi connectivity index (χ1v) is 29.6. The number of nitrogens with zero attached hydrogens (tertiary/aromatic N) is 6. The van der Waals surface area contributed by atoms with Gasteiger partial charge in [0.15, 0.2) is 23.2 Å². The first-order valence-electron chi connectivity index (χ1n) is 29.6. The Bertz CT molecular complexity index is 5110. The summed E-state index contributed by atoms with van der Waals surface area (Å²) in [5.74, 6) is 1.70. The molecule has 0 saturated carbocycles. The maximum atomic E-state index is 8.45. The third-order valence-corrected chi connectivity index (χ3v) is 17.0. The largest absolute Gasteiger partial charge is 0.309 e. The first-order chi connectivity index (χ1) is 43.6. The summed E-state index contributed by atoms with van der Waals surface area (Å²) in [5.41, 5.74) is 22.1. The first kappa shape index (κ1) is 51.6. The zero-order valence-electron chi connectivity index (χ0n) is 47.7. The van der Waals surface area contributed by atoms with Crippen molar-refractivity contribution < 1.29 is 0 Å². The van der Waals surface area contributed by atoms with Gasteiger partial charge in [0.1, 0.15) is 0 Å². The minimum atomic E-state index is 0.539. The van der Waals surface area contributed by atoms with E-state index in [1.54, 1.807) is 0 Å². The molecule has 6 nitrogen and oxygen atoms in total. The normalized spacial score (nSPS) is 11.4. The van der Waals surface area contributed by atoms with Gasteiger partial charge in [-0.25, -0.2) is 19.8 Å². The van der Waals surface area contributed by atoms with Crippen LogP contribution in [0.4, 0.5) is 5.69 Å². The minimum Gasteiger partial charge on any atom is -0.309 e. The zero-order valence-corrected chi connectivity index (χ0v) is 47.7. The lowest BCUT2D eigenvalue weighted by molar-refractivity contribution is 1.07. The molecule has 13 aromatic carbocycles. The van der Waals surface area contributed by atoms with E-state index in [1.165, 1.54) is 0 Å². The van der Waals surface area contributed by atoms with Crippen molar-refractivity contribution in [2.45, 2.75) is 0 Å². The van der Waals surface area contributed by atoms with E-state index < -0.39 is 0 Å². The van der Waals surface area contributed by atoms with Crippen LogP contribution in [0.5, 0.6) is 0 Å². The topological polar surface area (TPSA) is 52.9 Å². The minimum absolute atomic E-state index is 0.539. The number of hydrogen-bond donors (Lipinski definition) is 0. The van der Waals surface area contributed by atoms with Crippen LogP contribution in [0.3, 0.4) is 0 Å². The molecule has 6 heteroatoms. The Kier molecular flexibility index (Phi) is 12.8. The SMILES string of the molecule is [C-]#[N+]c1ccccc1-c1ccc(-n2c3ccc(-c4ccccc4)cc3c3cc(-c4ccccc4)ccc32)c(-c2cc(-c3nc(-c4ccccc4)nc(-c4ccccc4)n3)ccc2-n2c3ccc(-c4ccccc4)cc3c3cc(-c4ccccc4)ccc32)c1. The monoisotopic (exact) mass is 1120 g/mol. The number of hydrogen-bond acceptors (Lipinski definition) is 3. The molecule has 3 heterocycles. The van der Waals surface area contributed by atoms with Gasteiger partial charge in [-0.15, -0.1) is 0 Å². The van der Waals surface area contributed by atoms with Crippen LogP contribution in [-0.4, -0.2) is 24.1 Å². The Morgan fingerprint density at radius 1 is 0.227 bits per heavy atom. The van der Waals surface area contributed by atoms with Crippen molar-refractivity contribution in [2.75, 3.05) is 0 Å². The molecule has 0 unspecified atom stereocenters. The average molecular weight is 1120 g/mol. The van der Waals surface area contributed by atoms with Crippen molar-refractivity contribution in [3.8, 4) is 112 Å². The van der Waals surface area contributed by atoms with Gasteiger partial charge in [-0.05, 0) is 134 Å². The quantitative estimate of drug-likeness (QED) is 0.121. The van der Waals surface area contributed by atoms with E-state index in [4.69, 9.17) is 21.5 Å². The van der Waals surface area contributed by atoms with Crippen molar-refractivity contribution in [2.24, 2.45) is 0 Å². The van der Waals surface area contributed by atoms with E-state index in [2.05, 4.69) is 251 Å². The van der Waals surface area contributed by atoms with Crippen LogP contribution in [0.1, 0.15) is 0 Å². The van der Waals surface area contributed by atoms with Crippen molar-refractivity contribution in [3.63, 3.8) is 0 Å². The lowest BCUT2D eigenvalue weighted by Crippen LogP contribution is -2.04. The molecule has 0 amide bonds. The predicted molar refractivity (Wildman–Crippen MR) is 364 cm³/mol. The Hall–Kier alpha value is -12.0. The van der Waals surface area contributed by atoms with E-state index in [0.717, 1.165) is 138 Å². The van der Waals surface area contributed by atoms with E-state index in [1.807, 2.05) is 78.9 Å². The summed E-state index contributed by atoms with van der Waals surface area (Å²) in [7, 11) is 0. The Labute approximate surface area is 509 Å². The van der Waals surface area contributed by atoms with Gasteiger partial charge >= 0.3 is 0 Å². The van der Waals surface area contributed by atoms with Crippen LogP contribution in [0.2, 0.25) is 0 Å². The summed E-state index contributed by atoms with van der Waals surface area (Å²) >= 11 is 0. The Morgan fingerprint density at radius 2 is 0.511 bits per heavy atom. The molecule has 0 saturated heterocycles. The summed E-state index contributed by atoms with van der Waals surface area (Å²) in [6, 6.07) is 112. The third kappa shape index (κ3) is 9.19. The molecule has 0 N–H and O–H groups in total. The number of para-hydroxylation sites is 1. The van der Waals surface area contributed by atoms with Crippen LogP contribution in [0, 0.1) is 6.57 Å². The van der Waals surface area contributed by atoms with Gasteiger partial charge in [-0.2, -0.15) is 0 Å². The summed E-state index contributed by atoms with van der Waals surface area (Å²) in [6.45, 7) is 8.45. The van der Waals surface area contributed by atoms with Crippen LogP contribution in [-0.2, 0) is 0 Å². The van der Waals surface area contributed by atoms with Crippen molar-refractivity contribution in [3.05, 3.63) is 327 Å². The van der Waals surface area contributed by atoms with Crippen molar-refractivity contribution >= 4 is 49.3 Å². The van der Waals surface area contributed by atoms with Crippen LogP contribution in [0.15, 0.2) is 315 Å². The van der Waals surface area contributed by atoms with Gasteiger partial charge in [0.25, 0.3) is 0 Å². The van der Waals surface area contributed by atoms with Crippen LogP contribution < -0.4 is 0 Å². The number of rotatable bonds is 11. The van der Waals surface area contributed by atoms with Gasteiger partial charge in [-0.1, -0.05) is 237 Å². The van der Waals surface area contributed by atoms with E-state index in [0.29, 0.717) is 23.2 Å². The summed E-state index contributed by atoms with van der Waals surface area (Å²) in [5, 5.41) is 4.53. The fourth-order valence-electron chi connectivity index (χ4n) is 12.8. The molecule has 0 fully saturated rings. The highest BCUT2D eigenvalue weighted by molar-refractivity contribution is 6.14. The molecule has 0 radical (unpaired) electrons. The molecule has 0 aliphatic heterocycles. The number of aromatic nitrogens is 5. The highest BCUT2D eigenvalue weighted by Gasteiger charge is 2.25. The molecule has 16 aromatic rings. The molecule has 0 aliphatic carbocycles. The second-order valence-corrected chi connectivity index (χ2v) is 22.2. The van der Waals surface area contributed by atoms with E-state index in [-0.39, 0.29) is 0 Å². The maximum Gasteiger partial charge on any atom is 0.194 e. The van der Waals surface area contributed by atoms with Crippen molar-refractivity contribution in [1.82, 2.24) is 24.1 Å². The van der Waals surface area contributed by atoms with Crippen LogP contribution >= 0.6 is 0 Å². The lowest BCUT2D eigenvalue weighted by Gasteiger charge is -2.21. The Morgan fingerprint density at radius 3 is 0.864 bits per heavy atom. The van der Waals surface area contributed by atoms with Gasteiger partial charge in [0, 0.05) is 49.4 Å². The average Bonchev–Trinajstić information content (AvgIpc) is 1.67. The molecular weight excluding hydrogens is 1070 g/mol. The fourth-order valence-corrected chi connectivity index (χ4v) is 12.8. The summed E-state index contributed by atoms with van der Waals surface area (Å²) in [4.78, 5) is 19.9. The molecule has 0 spiro atoms. The number of fused-ring (bicyclic) bond motifs is 6. The summed E-state index contributed by atoms with van der Waals surface area (Å²) in [6.07, 6.45) is 0. The molecule has 16 rings (SSSR count). The highest BCUT2D eigenvalue weighted by Crippen LogP contribution is 2.46. The van der Waals surface area contributed by atoms with Gasteiger partial charge in [0.2, 0.25) is 0 Å². The van der Waals surface area contributed by atoms with Gasteiger partial charge in [-0.3, -0.25) is 0 Å². The molecule has 0 bridgehead atoms. The highest BCUT2D eigenvalue weighted by atomic mass is 15.0. The smallest absolute Gasteiger partial charge is 0.194 e. The number of benzene rings is 13. The fraction of sp³-hybridized carbons (Fsp3) is 0. The molecule has 3 aromatic heterocycles. The Balaban J connectivity index is 1.03. The summed E-state index contributed by atoms with van der Waals surface area (Å²) < 4.78 is 4.89. The maximum absolute atomic E-state index is 8.45. The molecular formula is C82H52N6. The second kappa shape index (κ2) is 21.9. The standard InChI is InChI=1S/C82H52N6/c1-83-73-35-21-20-34-66(73)64-40-46-78(87-74-42-36-60(54-22-8-2-9-23-54)48-67(74)68-49-61(37-43-75(68)87)55-24-10-3-11-25-55)71(52-64)72-53-65(82-85-80(58-30-16-6-17-31-58)84-81(86-82)59-32-18-7-19-33-59)41-47-79(72)88-76-44-38-62(56-26-12-4-13-27-56)50-69(76)70-51-63(39-45-77(70)88)57-28-14-5-15-29-57/h2-53H. The molecule has 0 aliphatic rings. The third-order valence-electron chi connectivity index (χ3n) is 17.0. The van der Waals surface area contributed by atoms with E-state index >= 15 is 0 Å². The molecule has 88 heavy (non-hydrogen) atoms. The van der Waals surface area contributed by atoms with Gasteiger partial charge in [0.05, 0.1) is 40.0 Å². The van der Waals surface area contributed by atoms with Gasteiger partial charge < -0.3 is 9.13 Å². The van der Waals surface area contributed by atoms with Crippen molar-refractivity contribution in [1.29, 1.82) is 0 Å². The molecule has 0 atom stereocenters. The second-order valence-electron chi connectivity index (χ2n) is 22.2. The lowest BCUT2D eigenvalue weighted by atomic mass is 9.93. The van der Waals surface area contributed by atoms with Crippen LogP contribution in [0.25, 0.3) is 161 Å². The predicted octanol–water partition coefficient (Wildman–Crippen LogP) is 21.6. The molecule has 410 valence electrons.